The van der Waals surface area contributed by atoms with E-state index in [4.69, 9.17) is 0 Å². The summed E-state index contributed by atoms with van der Waals surface area (Å²) < 4.78 is 2.24. The van der Waals surface area contributed by atoms with Crippen molar-refractivity contribution in [2.75, 3.05) is 7.05 Å². The number of hydrogen-bond acceptors (Lipinski definition) is 2. The molecule has 0 bridgehead atoms. The lowest BCUT2D eigenvalue weighted by molar-refractivity contribution is 0.709. The standard InChI is InChI=1S/C17H15Br2NS/c1-10-7-8-13(12-6-4-3-5-11(10)12)16(20-2)15-9-14(18)17(19)21-15/h3-9,16,20H,1-2H3. The molecule has 1 unspecified atom stereocenters. The molecular weight excluding hydrogens is 410 g/mol. The monoisotopic (exact) mass is 423 g/mol. The molecule has 0 radical (unpaired) electrons. The Morgan fingerprint density at radius 2 is 1.76 bits per heavy atom. The minimum atomic E-state index is 0.197. The first-order valence-corrected chi connectivity index (χ1v) is 9.12. The number of rotatable bonds is 3. The van der Waals surface area contributed by atoms with Crippen LogP contribution in [0.2, 0.25) is 0 Å². The van der Waals surface area contributed by atoms with Crippen LogP contribution in [0.1, 0.15) is 22.0 Å². The summed E-state index contributed by atoms with van der Waals surface area (Å²) in [5.41, 5.74) is 2.64. The first-order valence-electron chi connectivity index (χ1n) is 6.72. The molecule has 108 valence electrons. The Balaban J connectivity index is 2.20. The highest BCUT2D eigenvalue weighted by Gasteiger charge is 2.18. The molecule has 3 rings (SSSR count). The van der Waals surface area contributed by atoms with Gasteiger partial charge in [-0.1, -0.05) is 36.4 Å². The van der Waals surface area contributed by atoms with E-state index in [9.17, 15) is 0 Å². The molecule has 3 aromatic rings. The summed E-state index contributed by atoms with van der Waals surface area (Å²) in [4.78, 5) is 1.30. The van der Waals surface area contributed by atoms with Gasteiger partial charge in [0.15, 0.2) is 0 Å². The minimum Gasteiger partial charge on any atom is -0.309 e. The van der Waals surface area contributed by atoms with Crippen LogP contribution in [0, 0.1) is 6.92 Å². The maximum absolute atomic E-state index is 3.59. The average molecular weight is 425 g/mol. The van der Waals surface area contributed by atoms with E-state index >= 15 is 0 Å². The maximum atomic E-state index is 3.59. The molecule has 2 aromatic carbocycles. The van der Waals surface area contributed by atoms with Crippen LogP contribution >= 0.6 is 43.2 Å². The highest BCUT2D eigenvalue weighted by atomic mass is 79.9. The number of thiophene rings is 1. The Hall–Kier alpha value is -0.680. The number of aryl methyl sites for hydroxylation is 1. The third-order valence-corrected chi connectivity index (χ3v) is 7.05. The Morgan fingerprint density at radius 1 is 1.05 bits per heavy atom. The molecule has 1 nitrogen and oxygen atoms in total. The summed E-state index contributed by atoms with van der Waals surface area (Å²) in [5.74, 6) is 0. The zero-order chi connectivity index (χ0) is 15.0. The number of hydrogen-bond donors (Lipinski definition) is 1. The number of benzene rings is 2. The molecule has 0 aliphatic rings. The predicted octanol–water partition coefficient (Wildman–Crippen LogP) is 6.04. The van der Waals surface area contributed by atoms with Crippen LogP contribution in [-0.4, -0.2) is 7.05 Å². The van der Waals surface area contributed by atoms with Crippen molar-refractivity contribution < 1.29 is 0 Å². The van der Waals surface area contributed by atoms with Crippen molar-refractivity contribution in [2.24, 2.45) is 0 Å². The lowest BCUT2D eigenvalue weighted by Crippen LogP contribution is -2.16. The molecule has 0 saturated heterocycles. The molecule has 0 amide bonds. The summed E-state index contributed by atoms with van der Waals surface area (Å²) in [6.07, 6.45) is 0. The molecule has 1 aromatic heterocycles. The highest BCUT2D eigenvalue weighted by Crippen LogP contribution is 2.39. The molecule has 0 spiro atoms. The maximum Gasteiger partial charge on any atom is 0.0843 e. The normalized spacial score (nSPS) is 12.8. The van der Waals surface area contributed by atoms with E-state index in [1.54, 1.807) is 11.3 Å². The third kappa shape index (κ3) is 2.82. The van der Waals surface area contributed by atoms with Crippen molar-refractivity contribution >= 4 is 54.0 Å². The van der Waals surface area contributed by atoms with Crippen LogP contribution in [0.3, 0.4) is 0 Å². The van der Waals surface area contributed by atoms with Gasteiger partial charge in [0, 0.05) is 9.35 Å². The van der Waals surface area contributed by atoms with Gasteiger partial charge >= 0.3 is 0 Å². The Kier molecular flexibility index (Phi) is 4.50. The van der Waals surface area contributed by atoms with Crippen molar-refractivity contribution in [1.29, 1.82) is 0 Å². The van der Waals surface area contributed by atoms with Crippen LogP contribution in [-0.2, 0) is 0 Å². The zero-order valence-corrected chi connectivity index (χ0v) is 15.8. The molecule has 1 heterocycles. The van der Waals surface area contributed by atoms with E-state index in [1.807, 2.05) is 7.05 Å². The summed E-state index contributed by atoms with van der Waals surface area (Å²) in [6, 6.07) is 15.4. The van der Waals surface area contributed by atoms with Crippen LogP contribution < -0.4 is 5.32 Å². The van der Waals surface area contributed by atoms with Crippen LogP contribution in [0.4, 0.5) is 0 Å². The van der Waals surface area contributed by atoms with Gasteiger partial charge in [-0.2, -0.15) is 0 Å². The van der Waals surface area contributed by atoms with E-state index in [2.05, 4.69) is 86.6 Å². The molecule has 0 saturated carbocycles. The molecule has 0 aliphatic carbocycles. The van der Waals surface area contributed by atoms with Crippen molar-refractivity contribution in [3.63, 3.8) is 0 Å². The highest BCUT2D eigenvalue weighted by molar-refractivity contribution is 9.13. The van der Waals surface area contributed by atoms with Crippen LogP contribution in [0.15, 0.2) is 50.7 Å². The number of nitrogens with one attached hydrogen (secondary N) is 1. The van der Waals surface area contributed by atoms with E-state index < -0.39 is 0 Å². The van der Waals surface area contributed by atoms with E-state index in [1.165, 1.54) is 26.8 Å². The van der Waals surface area contributed by atoms with Crippen LogP contribution in [0.25, 0.3) is 10.8 Å². The molecular formula is C17H15Br2NS. The largest absolute Gasteiger partial charge is 0.309 e. The average Bonchev–Trinajstić information content (AvgIpc) is 2.82. The molecule has 4 heteroatoms. The zero-order valence-electron chi connectivity index (χ0n) is 11.8. The Morgan fingerprint density at radius 3 is 2.38 bits per heavy atom. The molecule has 21 heavy (non-hydrogen) atoms. The fourth-order valence-corrected chi connectivity index (χ4v) is 4.90. The fraction of sp³-hybridized carbons (Fsp3) is 0.176. The summed E-state index contributed by atoms with van der Waals surface area (Å²) in [6.45, 7) is 2.17. The first-order chi connectivity index (χ1) is 10.1. The molecule has 0 aliphatic heterocycles. The fourth-order valence-electron chi connectivity index (χ4n) is 2.68. The third-order valence-electron chi connectivity index (χ3n) is 3.72. The van der Waals surface area contributed by atoms with Gasteiger partial charge in [0.25, 0.3) is 0 Å². The summed E-state index contributed by atoms with van der Waals surface area (Å²) in [7, 11) is 2.01. The minimum absolute atomic E-state index is 0.197. The Labute approximate surface area is 145 Å². The second kappa shape index (κ2) is 6.21. The van der Waals surface area contributed by atoms with Gasteiger partial charge in [-0.05, 0) is 73.8 Å². The summed E-state index contributed by atoms with van der Waals surface area (Å²) in [5, 5.41) is 6.10. The lowest BCUT2D eigenvalue weighted by atomic mass is 9.95. The molecule has 0 fully saturated rings. The summed E-state index contributed by atoms with van der Waals surface area (Å²) >= 11 is 8.94. The van der Waals surface area contributed by atoms with Crippen molar-refractivity contribution in [3.8, 4) is 0 Å². The van der Waals surface area contributed by atoms with Gasteiger partial charge in [-0.25, -0.2) is 0 Å². The van der Waals surface area contributed by atoms with Crippen LogP contribution in [0.5, 0.6) is 0 Å². The smallest absolute Gasteiger partial charge is 0.0843 e. The number of fused-ring (bicyclic) bond motifs is 1. The van der Waals surface area contributed by atoms with Gasteiger partial charge < -0.3 is 5.32 Å². The van der Waals surface area contributed by atoms with E-state index in [0.29, 0.717) is 0 Å². The SMILES string of the molecule is CNC(c1cc(Br)c(Br)s1)c1ccc(C)c2ccccc12. The predicted molar refractivity (Wildman–Crippen MR) is 99.3 cm³/mol. The molecule has 1 atom stereocenters. The van der Waals surface area contributed by atoms with Gasteiger partial charge in [-0.3, -0.25) is 0 Å². The van der Waals surface area contributed by atoms with Gasteiger partial charge in [0.1, 0.15) is 0 Å². The lowest BCUT2D eigenvalue weighted by Gasteiger charge is -2.18. The van der Waals surface area contributed by atoms with Gasteiger partial charge in [-0.15, -0.1) is 11.3 Å². The second-order valence-corrected chi connectivity index (χ2v) is 8.27. The first kappa shape index (κ1) is 15.2. The van der Waals surface area contributed by atoms with E-state index in [0.717, 1.165) is 8.26 Å². The van der Waals surface area contributed by atoms with Gasteiger partial charge in [0.05, 0.1) is 9.83 Å². The van der Waals surface area contributed by atoms with Crippen molar-refractivity contribution in [3.05, 3.63) is 66.7 Å². The van der Waals surface area contributed by atoms with Crippen molar-refractivity contribution in [2.45, 2.75) is 13.0 Å². The van der Waals surface area contributed by atoms with Crippen molar-refractivity contribution in [1.82, 2.24) is 5.32 Å². The van der Waals surface area contributed by atoms with E-state index in [-0.39, 0.29) is 6.04 Å². The molecule has 1 N–H and O–H groups in total. The quantitative estimate of drug-likeness (QED) is 0.540. The topological polar surface area (TPSA) is 12.0 Å². The van der Waals surface area contributed by atoms with Gasteiger partial charge in [0.2, 0.25) is 0 Å². The second-order valence-electron chi connectivity index (χ2n) is 5.01. The number of halogens is 2. The Bertz CT molecular complexity index is 775.